The molecule has 130 valence electrons. The molecule has 2 N–H and O–H groups in total. The predicted octanol–water partition coefficient (Wildman–Crippen LogP) is 1.29. The molecule has 3 aromatic rings. The summed E-state index contributed by atoms with van der Waals surface area (Å²) in [6, 6.07) is 8.54. The maximum absolute atomic E-state index is 10.6. The number of aromatic nitrogens is 4. The first kappa shape index (κ1) is 16.0. The van der Waals surface area contributed by atoms with Crippen LogP contribution in [-0.2, 0) is 19.5 Å². The number of hydrogen-bond acceptors (Lipinski definition) is 6. The molecule has 1 aromatic carbocycles. The normalized spacial score (nSPS) is 15.9. The average molecular weight is 338 g/mol. The quantitative estimate of drug-likeness (QED) is 0.730. The van der Waals surface area contributed by atoms with Gasteiger partial charge in [-0.05, 0) is 17.5 Å². The molecule has 0 bridgehead atoms. The highest BCUT2D eigenvalue weighted by Crippen LogP contribution is 2.20. The third-order valence-corrected chi connectivity index (χ3v) is 4.73. The zero-order valence-electron chi connectivity index (χ0n) is 14.3. The monoisotopic (exact) mass is 338 g/mol. The summed E-state index contributed by atoms with van der Waals surface area (Å²) in [7, 11) is 1.82. The van der Waals surface area contributed by atoms with Crippen LogP contribution in [0.25, 0.3) is 11.2 Å². The summed E-state index contributed by atoms with van der Waals surface area (Å²) in [4.78, 5) is 15.0. The number of rotatable bonds is 5. The summed E-state index contributed by atoms with van der Waals surface area (Å²) in [6.45, 7) is 2.97. The van der Waals surface area contributed by atoms with Gasteiger partial charge in [-0.2, -0.15) is 0 Å². The number of aliphatic hydroxyl groups excluding tert-OH is 1. The fourth-order valence-electron chi connectivity index (χ4n) is 3.52. The molecule has 2 aromatic heterocycles. The largest absolute Gasteiger partial charge is 0.390 e. The fraction of sp³-hybridized carbons (Fsp3) is 0.389. The van der Waals surface area contributed by atoms with E-state index in [0.29, 0.717) is 18.7 Å². The van der Waals surface area contributed by atoms with Crippen LogP contribution < -0.4 is 5.32 Å². The van der Waals surface area contributed by atoms with Crippen molar-refractivity contribution in [2.45, 2.75) is 25.6 Å². The van der Waals surface area contributed by atoms with Crippen molar-refractivity contribution in [1.29, 1.82) is 0 Å². The van der Waals surface area contributed by atoms with Crippen LogP contribution in [0.2, 0.25) is 0 Å². The van der Waals surface area contributed by atoms with Gasteiger partial charge in [0.15, 0.2) is 11.5 Å². The lowest BCUT2D eigenvalue weighted by Crippen LogP contribution is -2.38. The van der Waals surface area contributed by atoms with Gasteiger partial charge in [-0.3, -0.25) is 4.90 Å². The number of nitrogens with one attached hydrogen (secondary N) is 1. The molecular formula is C18H22N6O. The molecule has 4 rings (SSSR count). The van der Waals surface area contributed by atoms with Crippen molar-refractivity contribution in [3.05, 3.63) is 48.0 Å². The minimum absolute atomic E-state index is 0.469. The second kappa shape index (κ2) is 6.78. The van der Waals surface area contributed by atoms with Crippen molar-refractivity contribution >= 4 is 17.0 Å². The number of anilines is 1. The van der Waals surface area contributed by atoms with E-state index >= 15 is 0 Å². The second-order valence-electron chi connectivity index (χ2n) is 6.45. The minimum atomic E-state index is -0.479. The molecule has 0 radical (unpaired) electrons. The molecule has 0 spiro atoms. The summed E-state index contributed by atoms with van der Waals surface area (Å²) in [5.41, 5.74) is 4.25. The van der Waals surface area contributed by atoms with E-state index in [0.717, 1.165) is 30.8 Å². The van der Waals surface area contributed by atoms with Gasteiger partial charge in [0.05, 0.1) is 19.0 Å². The molecule has 0 aliphatic carbocycles. The van der Waals surface area contributed by atoms with Crippen molar-refractivity contribution in [2.75, 3.05) is 25.5 Å². The van der Waals surface area contributed by atoms with Crippen LogP contribution in [-0.4, -0.2) is 55.8 Å². The zero-order chi connectivity index (χ0) is 17.2. The van der Waals surface area contributed by atoms with Crippen molar-refractivity contribution < 1.29 is 5.11 Å². The van der Waals surface area contributed by atoms with Gasteiger partial charge in [0, 0.05) is 26.7 Å². The number of fused-ring (bicyclic) bond motifs is 2. The Kier molecular flexibility index (Phi) is 4.33. The smallest absolute Gasteiger partial charge is 0.182 e. The average Bonchev–Trinajstić information content (AvgIpc) is 3.04. The van der Waals surface area contributed by atoms with Gasteiger partial charge in [-0.25, -0.2) is 15.0 Å². The number of nitrogens with zero attached hydrogens (tertiary/aromatic N) is 5. The van der Waals surface area contributed by atoms with E-state index in [1.807, 2.05) is 11.6 Å². The molecule has 1 aliphatic heterocycles. The first-order valence-corrected chi connectivity index (χ1v) is 8.55. The van der Waals surface area contributed by atoms with Crippen molar-refractivity contribution in [2.24, 2.45) is 0 Å². The summed E-state index contributed by atoms with van der Waals surface area (Å²) >= 11 is 0. The van der Waals surface area contributed by atoms with E-state index in [2.05, 4.69) is 49.4 Å². The molecular weight excluding hydrogens is 316 g/mol. The van der Waals surface area contributed by atoms with E-state index in [4.69, 9.17) is 0 Å². The van der Waals surface area contributed by atoms with Gasteiger partial charge in [0.1, 0.15) is 11.8 Å². The lowest BCUT2D eigenvalue weighted by Gasteiger charge is -2.30. The molecule has 7 heteroatoms. The van der Waals surface area contributed by atoms with Crippen LogP contribution in [0.4, 0.5) is 5.82 Å². The molecule has 7 nitrogen and oxygen atoms in total. The Morgan fingerprint density at radius 3 is 2.84 bits per heavy atom. The minimum Gasteiger partial charge on any atom is -0.390 e. The Morgan fingerprint density at radius 2 is 2.00 bits per heavy atom. The van der Waals surface area contributed by atoms with E-state index in [1.165, 1.54) is 17.5 Å². The summed E-state index contributed by atoms with van der Waals surface area (Å²) in [6.07, 6.45) is 3.77. The molecule has 1 atom stereocenters. The first-order valence-electron chi connectivity index (χ1n) is 8.55. The third kappa shape index (κ3) is 3.20. The maximum atomic E-state index is 10.6. The van der Waals surface area contributed by atoms with E-state index in [1.54, 1.807) is 6.33 Å². The highest BCUT2D eigenvalue weighted by atomic mass is 16.3. The third-order valence-electron chi connectivity index (χ3n) is 4.73. The maximum Gasteiger partial charge on any atom is 0.182 e. The predicted molar refractivity (Wildman–Crippen MR) is 96.3 cm³/mol. The first-order chi connectivity index (χ1) is 12.2. The SMILES string of the molecule is CNc1ncnc2ncn(C[C@@H](O)CN3CCc4ccccc4C3)c12. The number of β-amino-alcohol motifs (C(OH)–C–C–N with tert-alkyl or cyclic N) is 1. The van der Waals surface area contributed by atoms with Crippen LogP contribution in [0.1, 0.15) is 11.1 Å². The Morgan fingerprint density at radius 1 is 1.16 bits per heavy atom. The van der Waals surface area contributed by atoms with Gasteiger partial charge in [0.2, 0.25) is 0 Å². The molecule has 1 aliphatic rings. The Balaban J connectivity index is 1.46. The Labute approximate surface area is 146 Å². The topological polar surface area (TPSA) is 79.1 Å². The number of benzene rings is 1. The second-order valence-corrected chi connectivity index (χ2v) is 6.45. The number of hydrogen-bond donors (Lipinski definition) is 2. The summed E-state index contributed by atoms with van der Waals surface area (Å²) in [5.74, 6) is 0.724. The highest BCUT2D eigenvalue weighted by molar-refractivity contribution is 5.82. The lowest BCUT2D eigenvalue weighted by atomic mass is 10.00. The Hall–Kier alpha value is -2.51. The molecule has 25 heavy (non-hydrogen) atoms. The van der Waals surface area contributed by atoms with Crippen molar-refractivity contribution in [1.82, 2.24) is 24.4 Å². The van der Waals surface area contributed by atoms with E-state index in [-0.39, 0.29) is 0 Å². The van der Waals surface area contributed by atoms with Gasteiger partial charge in [-0.15, -0.1) is 0 Å². The van der Waals surface area contributed by atoms with Gasteiger partial charge >= 0.3 is 0 Å². The number of imidazole rings is 1. The molecule has 0 saturated carbocycles. The van der Waals surface area contributed by atoms with Crippen molar-refractivity contribution in [3.63, 3.8) is 0 Å². The standard InChI is InChI=1S/C18H22N6O/c1-19-17-16-18(21-11-20-17)22-12-24(16)10-15(25)9-23-7-6-13-4-2-3-5-14(13)8-23/h2-5,11-12,15,25H,6-10H2,1H3,(H,19,20,21)/t15-/m0/s1. The van der Waals surface area contributed by atoms with Crippen LogP contribution in [0.15, 0.2) is 36.9 Å². The Bertz CT molecular complexity index is 877. The summed E-state index contributed by atoms with van der Waals surface area (Å²) < 4.78 is 1.92. The molecule has 0 amide bonds. The van der Waals surface area contributed by atoms with Crippen LogP contribution in [0.3, 0.4) is 0 Å². The molecule has 0 saturated heterocycles. The van der Waals surface area contributed by atoms with Crippen molar-refractivity contribution in [3.8, 4) is 0 Å². The zero-order valence-corrected chi connectivity index (χ0v) is 14.3. The molecule has 0 fully saturated rings. The van der Waals surface area contributed by atoms with E-state index < -0.39 is 6.10 Å². The van der Waals surface area contributed by atoms with E-state index in [9.17, 15) is 5.11 Å². The van der Waals surface area contributed by atoms with Crippen LogP contribution in [0, 0.1) is 0 Å². The lowest BCUT2D eigenvalue weighted by molar-refractivity contribution is 0.0926. The summed E-state index contributed by atoms with van der Waals surface area (Å²) in [5, 5.41) is 13.7. The van der Waals surface area contributed by atoms with Gasteiger partial charge < -0.3 is 15.0 Å². The molecule has 0 unspecified atom stereocenters. The fourth-order valence-corrected chi connectivity index (χ4v) is 3.52. The van der Waals surface area contributed by atoms with Crippen LogP contribution >= 0.6 is 0 Å². The molecule has 3 heterocycles. The van der Waals surface area contributed by atoms with Gasteiger partial charge in [-0.1, -0.05) is 24.3 Å². The number of aliphatic hydroxyl groups is 1. The highest BCUT2D eigenvalue weighted by Gasteiger charge is 2.19. The van der Waals surface area contributed by atoms with Gasteiger partial charge in [0.25, 0.3) is 0 Å². The van der Waals surface area contributed by atoms with Crippen LogP contribution in [0.5, 0.6) is 0 Å².